The Balaban J connectivity index is 1.42. The zero-order valence-electron chi connectivity index (χ0n) is 17.7. The normalized spacial score (nSPS) is 13.0. The Morgan fingerprint density at radius 1 is 1.09 bits per heavy atom. The largest absolute Gasteiger partial charge is 0.493 e. The summed E-state index contributed by atoms with van der Waals surface area (Å²) in [7, 11) is 0. The van der Waals surface area contributed by atoms with Crippen LogP contribution in [0.15, 0.2) is 60.8 Å². The van der Waals surface area contributed by atoms with Gasteiger partial charge in [-0.15, -0.1) is 0 Å². The van der Waals surface area contributed by atoms with Crippen LogP contribution in [0.4, 0.5) is 18.9 Å². The van der Waals surface area contributed by atoms with E-state index in [2.05, 4.69) is 4.98 Å². The zero-order chi connectivity index (χ0) is 24.3. The second-order valence-corrected chi connectivity index (χ2v) is 7.50. The zero-order valence-corrected chi connectivity index (χ0v) is 17.7. The van der Waals surface area contributed by atoms with Crippen molar-refractivity contribution in [2.24, 2.45) is 0 Å². The Hall–Kier alpha value is -4.08. The van der Waals surface area contributed by atoms with Crippen LogP contribution >= 0.6 is 0 Å². The predicted octanol–water partition coefficient (Wildman–Crippen LogP) is 4.35. The SMILES string of the molecule is O=C(O)COc1cccc(CCOc2cccc3c2CN(c2ccc(C(F)(F)F)nc2)C3=O)c1. The van der Waals surface area contributed by atoms with Crippen molar-refractivity contribution in [3.05, 3.63) is 83.2 Å². The number of benzene rings is 2. The number of hydrogen-bond acceptors (Lipinski definition) is 5. The van der Waals surface area contributed by atoms with Gasteiger partial charge < -0.3 is 19.5 Å². The van der Waals surface area contributed by atoms with Crippen molar-refractivity contribution in [2.45, 2.75) is 19.1 Å². The Kier molecular flexibility index (Phi) is 6.40. The number of rotatable bonds is 8. The summed E-state index contributed by atoms with van der Waals surface area (Å²) in [6.45, 7) is -0.000152. The minimum absolute atomic E-state index is 0.149. The lowest BCUT2D eigenvalue weighted by Gasteiger charge is -2.16. The predicted molar refractivity (Wildman–Crippen MR) is 115 cm³/mol. The monoisotopic (exact) mass is 472 g/mol. The van der Waals surface area contributed by atoms with Crippen LogP contribution in [0.2, 0.25) is 0 Å². The van der Waals surface area contributed by atoms with Gasteiger partial charge in [0.15, 0.2) is 6.61 Å². The molecule has 2 aromatic carbocycles. The van der Waals surface area contributed by atoms with Gasteiger partial charge in [-0.3, -0.25) is 4.79 Å². The molecule has 2 heterocycles. The number of aromatic nitrogens is 1. The fourth-order valence-electron chi connectivity index (χ4n) is 3.58. The number of carboxylic acids is 1. The van der Waals surface area contributed by atoms with Crippen molar-refractivity contribution in [3.8, 4) is 11.5 Å². The van der Waals surface area contributed by atoms with E-state index >= 15 is 0 Å². The second-order valence-electron chi connectivity index (χ2n) is 7.50. The average molecular weight is 472 g/mol. The molecule has 0 aliphatic carbocycles. The van der Waals surface area contributed by atoms with Gasteiger partial charge in [0, 0.05) is 17.5 Å². The maximum Gasteiger partial charge on any atom is 0.433 e. The highest BCUT2D eigenvalue weighted by atomic mass is 19.4. The molecule has 7 nitrogen and oxygen atoms in total. The van der Waals surface area contributed by atoms with E-state index in [-0.39, 0.29) is 24.7 Å². The molecule has 176 valence electrons. The van der Waals surface area contributed by atoms with E-state index in [1.807, 2.05) is 6.07 Å². The molecule has 0 radical (unpaired) electrons. The van der Waals surface area contributed by atoms with E-state index in [0.717, 1.165) is 17.8 Å². The van der Waals surface area contributed by atoms with E-state index in [1.165, 1.54) is 11.0 Å². The summed E-state index contributed by atoms with van der Waals surface area (Å²) in [5, 5.41) is 8.72. The molecule has 0 bridgehead atoms. The lowest BCUT2D eigenvalue weighted by molar-refractivity contribution is -0.141. The molecule has 1 amide bonds. The Morgan fingerprint density at radius 2 is 1.88 bits per heavy atom. The van der Waals surface area contributed by atoms with Gasteiger partial charge in [0.2, 0.25) is 0 Å². The minimum atomic E-state index is -4.56. The van der Waals surface area contributed by atoms with E-state index < -0.39 is 24.4 Å². The fourth-order valence-corrected chi connectivity index (χ4v) is 3.58. The number of carbonyl (C=O) groups is 2. The van der Waals surface area contributed by atoms with Crippen molar-refractivity contribution in [3.63, 3.8) is 0 Å². The highest BCUT2D eigenvalue weighted by Gasteiger charge is 2.34. The maximum atomic E-state index is 12.8. The second kappa shape index (κ2) is 9.42. The standard InChI is InChI=1S/C24H19F3N2O5/c25-24(26,27)21-8-7-16(12-28-21)29-13-19-18(23(29)32)5-2-6-20(19)33-10-9-15-3-1-4-17(11-15)34-14-22(30)31/h1-8,11-12H,9-10,13-14H2,(H,30,31). The first-order chi connectivity index (χ1) is 16.2. The third-order valence-electron chi connectivity index (χ3n) is 5.18. The molecule has 3 aromatic rings. The summed E-state index contributed by atoms with van der Waals surface area (Å²) in [5.41, 5.74) is 1.18. The summed E-state index contributed by atoms with van der Waals surface area (Å²) in [6.07, 6.45) is -3.01. The van der Waals surface area contributed by atoms with E-state index in [4.69, 9.17) is 14.6 Å². The van der Waals surface area contributed by atoms with Crippen LogP contribution in [0, 0.1) is 0 Å². The van der Waals surface area contributed by atoms with Crippen LogP contribution in [-0.2, 0) is 23.9 Å². The molecular formula is C24H19F3N2O5. The number of nitrogens with zero attached hydrogens (tertiary/aromatic N) is 2. The Bertz CT molecular complexity index is 1210. The number of pyridine rings is 1. The summed E-state index contributed by atoms with van der Waals surface area (Å²) < 4.78 is 49.4. The molecule has 0 fully saturated rings. The third-order valence-corrected chi connectivity index (χ3v) is 5.18. The molecule has 0 saturated heterocycles. The van der Waals surface area contributed by atoms with E-state index in [9.17, 15) is 22.8 Å². The van der Waals surface area contributed by atoms with Crippen molar-refractivity contribution < 1.29 is 37.3 Å². The van der Waals surface area contributed by atoms with Gasteiger partial charge >= 0.3 is 12.1 Å². The van der Waals surface area contributed by atoms with Gasteiger partial charge in [0.05, 0.1) is 25.0 Å². The highest BCUT2D eigenvalue weighted by Crippen LogP contribution is 2.35. The lowest BCUT2D eigenvalue weighted by atomic mass is 10.1. The van der Waals surface area contributed by atoms with Crippen LogP contribution in [0.3, 0.4) is 0 Å². The number of alkyl halides is 3. The molecule has 1 aliphatic heterocycles. The fraction of sp³-hybridized carbons (Fsp3) is 0.208. The number of ether oxygens (including phenoxy) is 2. The summed E-state index contributed by atoms with van der Waals surface area (Å²) in [4.78, 5) is 28.3. The maximum absolute atomic E-state index is 12.8. The molecule has 0 saturated carbocycles. The topological polar surface area (TPSA) is 89.0 Å². The van der Waals surface area contributed by atoms with Gasteiger partial charge in [0.25, 0.3) is 5.91 Å². The van der Waals surface area contributed by atoms with Crippen molar-refractivity contribution in [1.29, 1.82) is 0 Å². The quantitative estimate of drug-likeness (QED) is 0.525. The average Bonchev–Trinajstić information content (AvgIpc) is 3.15. The number of aliphatic carboxylic acids is 1. The third kappa shape index (κ3) is 5.11. The lowest BCUT2D eigenvalue weighted by Crippen LogP contribution is -2.23. The van der Waals surface area contributed by atoms with Gasteiger partial charge in [0.1, 0.15) is 17.2 Å². The number of fused-ring (bicyclic) bond motifs is 1. The number of carboxylic acid groups (broad SMARTS) is 1. The van der Waals surface area contributed by atoms with Crippen LogP contribution in [0.5, 0.6) is 11.5 Å². The molecule has 1 N–H and O–H groups in total. The molecule has 0 unspecified atom stereocenters. The van der Waals surface area contributed by atoms with Crippen LogP contribution < -0.4 is 14.4 Å². The number of anilines is 1. The van der Waals surface area contributed by atoms with Gasteiger partial charge in [-0.25, -0.2) is 9.78 Å². The summed E-state index contributed by atoms with van der Waals surface area (Å²) in [5.74, 6) is -0.467. The molecule has 10 heteroatoms. The molecule has 1 aliphatic rings. The van der Waals surface area contributed by atoms with E-state index in [0.29, 0.717) is 29.0 Å². The summed E-state index contributed by atoms with van der Waals surface area (Å²) in [6, 6.07) is 14.1. The summed E-state index contributed by atoms with van der Waals surface area (Å²) >= 11 is 0. The van der Waals surface area contributed by atoms with Crippen molar-refractivity contribution in [2.75, 3.05) is 18.1 Å². The van der Waals surface area contributed by atoms with Crippen molar-refractivity contribution >= 4 is 17.6 Å². The molecule has 0 spiro atoms. The Morgan fingerprint density at radius 3 is 2.59 bits per heavy atom. The smallest absolute Gasteiger partial charge is 0.433 e. The molecule has 0 atom stereocenters. The number of hydrogen-bond donors (Lipinski definition) is 1. The van der Waals surface area contributed by atoms with Gasteiger partial charge in [-0.2, -0.15) is 13.2 Å². The number of carbonyl (C=O) groups excluding carboxylic acids is 1. The molecule has 1 aromatic heterocycles. The van der Waals surface area contributed by atoms with Gasteiger partial charge in [-0.05, 0) is 42.0 Å². The first kappa shape index (κ1) is 23.1. The number of halogens is 3. The minimum Gasteiger partial charge on any atom is -0.493 e. The van der Waals surface area contributed by atoms with Crippen LogP contribution in [0.1, 0.15) is 27.2 Å². The first-order valence-electron chi connectivity index (χ1n) is 10.3. The van der Waals surface area contributed by atoms with Crippen LogP contribution in [-0.4, -0.2) is 35.2 Å². The Labute approximate surface area is 192 Å². The molecule has 4 rings (SSSR count). The molecular weight excluding hydrogens is 453 g/mol. The molecule has 34 heavy (non-hydrogen) atoms. The van der Waals surface area contributed by atoms with Gasteiger partial charge in [-0.1, -0.05) is 18.2 Å². The highest BCUT2D eigenvalue weighted by molar-refractivity contribution is 6.10. The van der Waals surface area contributed by atoms with Crippen molar-refractivity contribution in [1.82, 2.24) is 4.98 Å². The van der Waals surface area contributed by atoms with Crippen LogP contribution in [0.25, 0.3) is 0 Å². The van der Waals surface area contributed by atoms with E-state index in [1.54, 1.807) is 36.4 Å². The number of amides is 1. The first-order valence-corrected chi connectivity index (χ1v) is 10.3.